The van der Waals surface area contributed by atoms with Crippen LogP contribution in [-0.4, -0.2) is 19.6 Å². The van der Waals surface area contributed by atoms with Crippen molar-refractivity contribution in [2.45, 2.75) is 0 Å². The highest BCUT2D eigenvalue weighted by Crippen LogP contribution is 2.21. The van der Waals surface area contributed by atoms with E-state index in [-0.39, 0.29) is 0 Å². The van der Waals surface area contributed by atoms with Gasteiger partial charge in [0.25, 0.3) is 0 Å². The summed E-state index contributed by atoms with van der Waals surface area (Å²) >= 11 is 11.9. The Hall–Kier alpha value is -1.39. The minimum absolute atomic E-state index is 0.335. The summed E-state index contributed by atoms with van der Waals surface area (Å²) in [4.78, 5) is 8.21. The summed E-state index contributed by atoms with van der Waals surface area (Å²) in [5.41, 5.74) is 2.06. The number of hydrogen-bond donors (Lipinski definition) is 0. The summed E-state index contributed by atoms with van der Waals surface area (Å²) < 4.78 is 1.62. The van der Waals surface area contributed by atoms with E-state index in [1.807, 2.05) is 0 Å². The molecule has 3 aromatic rings. The van der Waals surface area contributed by atoms with Crippen molar-refractivity contribution in [3.63, 3.8) is 0 Å². The van der Waals surface area contributed by atoms with Crippen LogP contribution in [0.3, 0.4) is 0 Å². The maximum absolute atomic E-state index is 5.95. The van der Waals surface area contributed by atoms with Gasteiger partial charge in [-0.1, -0.05) is 23.2 Å². The second kappa shape index (κ2) is 3.05. The number of aromatic nitrogens is 4. The van der Waals surface area contributed by atoms with Crippen molar-refractivity contribution >= 4 is 39.9 Å². The normalized spacial score (nSPS) is 11.3. The van der Waals surface area contributed by atoms with Crippen LogP contribution in [0.1, 0.15) is 0 Å². The molecule has 3 rings (SSSR count). The molecule has 0 saturated heterocycles. The maximum Gasteiger partial charge on any atom is 0.193 e. The van der Waals surface area contributed by atoms with Crippen molar-refractivity contribution in [1.82, 2.24) is 19.6 Å². The van der Waals surface area contributed by atoms with Crippen molar-refractivity contribution in [2.24, 2.45) is 0 Å². The lowest BCUT2D eigenvalue weighted by molar-refractivity contribution is 0.995. The van der Waals surface area contributed by atoms with Crippen molar-refractivity contribution in [2.75, 3.05) is 0 Å². The second-order valence-electron chi connectivity index (χ2n) is 3.03. The molecular weight excluding hydrogens is 235 g/mol. The lowest BCUT2D eigenvalue weighted by Gasteiger charge is -2.01. The average molecular weight is 239 g/mol. The topological polar surface area (TPSA) is 43.1 Å². The van der Waals surface area contributed by atoms with Crippen LogP contribution in [0.25, 0.3) is 16.7 Å². The number of nitrogens with zero attached hydrogens (tertiary/aromatic N) is 4. The van der Waals surface area contributed by atoms with Crippen LogP contribution in [0.2, 0.25) is 10.2 Å². The standard InChI is InChI=1S/C9H4Cl2N4/c10-5-1-2-6-7(3-5)15-9(8(11)14-6)12-4-13-15/h1-4H. The van der Waals surface area contributed by atoms with E-state index in [4.69, 9.17) is 23.2 Å². The zero-order chi connectivity index (χ0) is 10.4. The molecule has 0 aliphatic carbocycles. The number of rotatable bonds is 0. The number of fused-ring (bicyclic) bond motifs is 3. The molecule has 4 nitrogen and oxygen atoms in total. The SMILES string of the molecule is Clc1ccc2nc(Cl)c3ncnn3c2c1. The molecule has 0 N–H and O–H groups in total. The van der Waals surface area contributed by atoms with Gasteiger partial charge in [-0.25, -0.2) is 14.5 Å². The minimum atomic E-state index is 0.335. The smallest absolute Gasteiger partial charge is 0.193 e. The number of benzene rings is 1. The van der Waals surface area contributed by atoms with Crippen LogP contribution >= 0.6 is 23.2 Å². The van der Waals surface area contributed by atoms with E-state index in [2.05, 4.69) is 15.1 Å². The van der Waals surface area contributed by atoms with E-state index in [1.54, 1.807) is 22.7 Å². The first kappa shape index (κ1) is 8.88. The monoisotopic (exact) mass is 238 g/mol. The zero-order valence-electron chi connectivity index (χ0n) is 7.35. The number of hydrogen-bond acceptors (Lipinski definition) is 3. The Morgan fingerprint density at radius 2 is 2.07 bits per heavy atom. The van der Waals surface area contributed by atoms with Crippen LogP contribution in [0.5, 0.6) is 0 Å². The molecule has 0 atom stereocenters. The van der Waals surface area contributed by atoms with Gasteiger partial charge in [0, 0.05) is 5.02 Å². The molecular formula is C9H4Cl2N4. The molecule has 0 fully saturated rings. The van der Waals surface area contributed by atoms with Gasteiger partial charge < -0.3 is 0 Å². The Balaban J connectivity index is 2.61. The quantitative estimate of drug-likeness (QED) is 0.605. The highest BCUT2D eigenvalue weighted by Gasteiger charge is 2.08. The van der Waals surface area contributed by atoms with E-state index in [0.29, 0.717) is 15.8 Å². The summed E-state index contributed by atoms with van der Waals surface area (Å²) in [6.07, 6.45) is 1.43. The Kier molecular flexibility index (Phi) is 1.81. The van der Waals surface area contributed by atoms with Crippen LogP contribution in [0.15, 0.2) is 24.5 Å². The van der Waals surface area contributed by atoms with E-state index in [0.717, 1.165) is 11.0 Å². The Morgan fingerprint density at radius 1 is 1.20 bits per heavy atom. The molecule has 15 heavy (non-hydrogen) atoms. The van der Waals surface area contributed by atoms with E-state index in [9.17, 15) is 0 Å². The van der Waals surface area contributed by atoms with Gasteiger partial charge in [-0.2, -0.15) is 5.10 Å². The fourth-order valence-corrected chi connectivity index (χ4v) is 1.86. The average Bonchev–Trinajstić information content (AvgIpc) is 2.69. The molecule has 0 amide bonds. The minimum Gasteiger partial charge on any atom is -0.231 e. The van der Waals surface area contributed by atoms with Crippen LogP contribution in [-0.2, 0) is 0 Å². The molecule has 0 bridgehead atoms. The molecule has 0 radical (unpaired) electrons. The largest absolute Gasteiger partial charge is 0.231 e. The first-order valence-corrected chi connectivity index (χ1v) is 4.96. The zero-order valence-corrected chi connectivity index (χ0v) is 8.87. The fraction of sp³-hybridized carbons (Fsp3) is 0. The second-order valence-corrected chi connectivity index (χ2v) is 3.83. The fourth-order valence-electron chi connectivity index (χ4n) is 1.47. The summed E-state index contributed by atoms with van der Waals surface area (Å²) in [7, 11) is 0. The molecule has 6 heteroatoms. The molecule has 0 aliphatic heterocycles. The van der Waals surface area contributed by atoms with Crippen LogP contribution in [0.4, 0.5) is 0 Å². The summed E-state index contributed by atoms with van der Waals surface area (Å²) in [6, 6.07) is 5.34. The predicted molar refractivity (Wildman–Crippen MR) is 58.3 cm³/mol. The molecule has 0 saturated carbocycles. The van der Waals surface area contributed by atoms with Gasteiger partial charge >= 0.3 is 0 Å². The van der Waals surface area contributed by atoms with Crippen molar-refractivity contribution in [1.29, 1.82) is 0 Å². The maximum atomic E-state index is 5.95. The first-order chi connectivity index (χ1) is 7.25. The Morgan fingerprint density at radius 3 is 2.93 bits per heavy atom. The highest BCUT2D eigenvalue weighted by molar-refractivity contribution is 6.33. The van der Waals surface area contributed by atoms with Crippen molar-refractivity contribution in [3.8, 4) is 0 Å². The lowest BCUT2D eigenvalue weighted by atomic mass is 10.3. The molecule has 2 aromatic heterocycles. The summed E-state index contributed by atoms with van der Waals surface area (Å²) in [6.45, 7) is 0. The third kappa shape index (κ3) is 1.26. The molecule has 1 aromatic carbocycles. The van der Waals surface area contributed by atoms with Gasteiger partial charge in [-0.05, 0) is 18.2 Å². The van der Waals surface area contributed by atoms with E-state index < -0.39 is 0 Å². The third-order valence-corrected chi connectivity index (χ3v) is 2.61. The number of halogens is 2. The van der Waals surface area contributed by atoms with Crippen molar-refractivity contribution < 1.29 is 0 Å². The van der Waals surface area contributed by atoms with Gasteiger partial charge in [-0.15, -0.1) is 0 Å². The lowest BCUT2D eigenvalue weighted by Crippen LogP contribution is -1.94. The van der Waals surface area contributed by atoms with Crippen LogP contribution in [0, 0.1) is 0 Å². The Bertz CT molecular complexity index is 662. The van der Waals surface area contributed by atoms with Gasteiger partial charge in [0.1, 0.15) is 6.33 Å². The molecule has 2 heterocycles. The van der Waals surface area contributed by atoms with Gasteiger partial charge in [0.15, 0.2) is 10.8 Å². The summed E-state index contributed by atoms with van der Waals surface area (Å²) in [5, 5.41) is 5.03. The van der Waals surface area contributed by atoms with Crippen molar-refractivity contribution in [3.05, 3.63) is 34.7 Å². The van der Waals surface area contributed by atoms with E-state index >= 15 is 0 Å². The van der Waals surface area contributed by atoms with Gasteiger partial charge in [-0.3, -0.25) is 0 Å². The third-order valence-electron chi connectivity index (χ3n) is 2.12. The first-order valence-electron chi connectivity index (χ1n) is 4.20. The van der Waals surface area contributed by atoms with Crippen LogP contribution < -0.4 is 0 Å². The summed E-state index contributed by atoms with van der Waals surface area (Å²) in [5.74, 6) is 0. The molecule has 0 spiro atoms. The highest BCUT2D eigenvalue weighted by atomic mass is 35.5. The predicted octanol–water partition coefficient (Wildman–Crippen LogP) is 2.58. The molecule has 0 unspecified atom stereocenters. The van der Waals surface area contributed by atoms with Gasteiger partial charge in [0.05, 0.1) is 11.0 Å². The molecule has 0 aliphatic rings. The Labute approximate surface area is 94.5 Å². The van der Waals surface area contributed by atoms with E-state index in [1.165, 1.54) is 6.33 Å². The van der Waals surface area contributed by atoms with Gasteiger partial charge in [0.2, 0.25) is 0 Å². The molecule has 74 valence electrons.